The molecule has 2 nitrogen and oxygen atoms in total. The molecule has 1 N–H and O–H groups in total. The number of hydrogen-bond acceptors (Lipinski definition) is 2. The highest BCUT2D eigenvalue weighted by molar-refractivity contribution is 9.10. The van der Waals surface area contributed by atoms with Crippen LogP contribution >= 0.6 is 28.1 Å². The molecule has 0 amide bonds. The Morgan fingerprint density at radius 1 is 1.20 bits per heavy atom. The number of halogens is 2. The van der Waals surface area contributed by atoms with Gasteiger partial charge in [0, 0.05) is 15.7 Å². The summed E-state index contributed by atoms with van der Waals surface area (Å²) >= 11 is 8.56. The zero-order chi connectivity index (χ0) is 14.1. The second-order valence-corrected chi connectivity index (χ2v) is 6.50. The van der Waals surface area contributed by atoms with Crippen molar-refractivity contribution < 1.29 is 4.39 Å². The third-order valence-corrected chi connectivity index (χ3v) is 4.36. The monoisotopic (exact) mass is 352 g/mol. The average Bonchev–Trinajstić information content (AvgIpc) is 2.90. The normalized spacial score (nSPS) is 15.7. The van der Waals surface area contributed by atoms with Gasteiger partial charge in [-0.1, -0.05) is 41.0 Å². The van der Waals surface area contributed by atoms with E-state index in [0.29, 0.717) is 26.4 Å². The van der Waals surface area contributed by atoms with Gasteiger partial charge in [0.25, 0.3) is 0 Å². The number of aromatic nitrogens is 2. The molecule has 1 heterocycles. The van der Waals surface area contributed by atoms with Crippen LogP contribution < -0.4 is 0 Å². The van der Waals surface area contributed by atoms with Gasteiger partial charge in [0.05, 0.1) is 0 Å². The Kier molecular flexibility index (Phi) is 3.98. The minimum absolute atomic E-state index is 0.290. The SMILES string of the molecule is Fc1cc(Br)cc(-c2nc(=S)cc(C3CCCC3)[nH]2)c1. The van der Waals surface area contributed by atoms with Crippen LogP contribution in [0.5, 0.6) is 0 Å². The van der Waals surface area contributed by atoms with Gasteiger partial charge in [-0.15, -0.1) is 0 Å². The molecule has 1 aliphatic rings. The summed E-state index contributed by atoms with van der Waals surface area (Å²) in [5, 5.41) is 0. The molecule has 20 heavy (non-hydrogen) atoms. The lowest BCUT2D eigenvalue weighted by Gasteiger charge is -2.12. The summed E-state index contributed by atoms with van der Waals surface area (Å²) in [5.74, 6) is 0.872. The van der Waals surface area contributed by atoms with Crippen molar-refractivity contribution in [1.29, 1.82) is 0 Å². The number of aromatic amines is 1. The molecule has 1 aromatic heterocycles. The highest BCUT2D eigenvalue weighted by Gasteiger charge is 2.18. The molecule has 0 bridgehead atoms. The van der Waals surface area contributed by atoms with Gasteiger partial charge < -0.3 is 4.98 Å². The first kappa shape index (κ1) is 13.9. The van der Waals surface area contributed by atoms with E-state index < -0.39 is 0 Å². The molecule has 1 aromatic carbocycles. The summed E-state index contributed by atoms with van der Waals surface area (Å²) in [6.45, 7) is 0. The highest BCUT2D eigenvalue weighted by Crippen LogP contribution is 2.33. The number of H-pyrrole nitrogens is 1. The van der Waals surface area contributed by atoms with Crippen molar-refractivity contribution in [2.45, 2.75) is 31.6 Å². The number of nitrogens with zero attached hydrogens (tertiary/aromatic N) is 1. The third-order valence-electron chi connectivity index (χ3n) is 3.69. The zero-order valence-corrected chi connectivity index (χ0v) is 13.2. The van der Waals surface area contributed by atoms with Crippen molar-refractivity contribution in [1.82, 2.24) is 9.97 Å². The molecule has 5 heteroatoms. The van der Waals surface area contributed by atoms with Crippen molar-refractivity contribution in [3.8, 4) is 11.4 Å². The van der Waals surface area contributed by atoms with Crippen LogP contribution in [-0.4, -0.2) is 9.97 Å². The average molecular weight is 353 g/mol. The molecule has 1 fully saturated rings. The minimum Gasteiger partial charge on any atom is -0.343 e. The Hall–Kier alpha value is -1.07. The quantitative estimate of drug-likeness (QED) is 0.736. The second kappa shape index (κ2) is 5.74. The van der Waals surface area contributed by atoms with Crippen LogP contribution in [-0.2, 0) is 0 Å². The molecule has 0 atom stereocenters. The molecule has 0 radical (unpaired) electrons. The second-order valence-electron chi connectivity index (χ2n) is 5.16. The van der Waals surface area contributed by atoms with Crippen molar-refractivity contribution in [3.63, 3.8) is 0 Å². The maximum Gasteiger partial charge on any atom is 0.139 e. The van der Waals surface area contributed by atoms with Crippen molar-refractivity contribution in [2.75, 3.05) is 0 Å². The first-order chi connectivity index (χ1) is 9.61. The summed E-state index contributed by atoms with van der Waals surface area (Å²) in [6.07, 6.45) is 4.88. The van der Waals surface area contributed by atoms with Gasteiger partial charge in [-0.3, -0.25) is 0 Å². The van der Waals surface area contributed by atoms with E-state index in [2.05, 4.69) is 25.9 Å². The lowest BCUT2D eigenvalue weighted by atomic mass is 10.0. The molecule has 0 spiro atoms. The van der Waals surface area contributed by atoms with Crippen LogP contribution in [0.3, 0.4) is 0 Å². The van der Waals surface area contributed by atoms with Crippen molar-refractivity contribution in [2.24, 2.45) is 0 Å². The fourth-order valence-corrected chi connectivity index (χ4v) is 3.44. The van der Waals surface area contributed by atoms with Gasteiger partial charge in [0.2, 0.25) is 0 Å². The highest BCUT2D eigenvalue weighted by atomic mass is 79.9. The van der Waals surface area contributed by atoms with E-state index in [1.54, 1.807) is 0 Å². The number of hydrogen-bond donors (Lipinski definition) is 1. The number of benzene rings is 1. The van der Waals surface area contributed by atoms with E-state index in [0.717, 1.165) is 5.69 Å². The van der Waals surface area contributed by atoms with Crippen LogP contribution in [0.15, 0.2) is 28.7 Å². The van der Waals surface area contributed by atoms with Gasteiger partial charge in [0.1, 0.15) is 16.3 Å². The molecule has 1 aliphatic carbocycles. The minimum atomic E-state index is -0.290. The maximum atomic E-state index is 13.5. The predicted octanol–water partition coefficient (Wildman–Crippen LogP) is 5.37. The van der Waals surface area contributed by atoms with Gasteiger partial charge in [-0.2, -0.15) is 0 Å². The lowest BCUT2D eigenvalue weighted by molar-refractivity contribution is 0.627. The summed E-state index contributed by atoms with van der Waals surface area (Å²) in [6, 6.07) is 6.67. The topological polar surface area (TPSA) is 28.7 Å². The van der Waals surface area contributed by atoms with Gasteiger partial charge in [-0.25, -0.2) is 9.37 Å². The lowest BCUT2D eigenvalue weighted by Crippen LogP contribution is -2.00. The van der Waals surface area contributed by atoms with Crippen LogP contribution in [0.1, 0.15) is 37.3 Å². The summed E-state index contributed by atoms with van der Waals surface area (Å²) in [5.41, 5.74) is 1.83. The van der Waals surface area contributed by atoms with Gasteiger partial charge in [0.15, 0.2) is 0 Å². The van der Waals surface area contributed by atoms with E-state index in [1.807, 2.05) is 12.1 Å². The Bertz CT molecular complexity index is 672. The molecule has 0 unspecified atom stereocenters. The summed E-state index contributed by atoms with van der Waals surface area (Å²) in [4.78, 5) is 7.66. The summed E-state index contributed by atoms with van der Waals surface area (Å²) in [7, 11) is 0. The molecule has 0 aliphatic heterocycles. The van der Waals surface area contributed by atoms with Crippen molar-refractivity contribution in [3.05, 3.63) is 44.9 Å². The van der Waals surface area contributed by atoms with Crippen LogP contribution in [0.25, 0.3) is 11.4 Å². The fourth-order valence-electron chi connectivity index (χ4n) is 2.76. The third kappa shape index (κ3) is 2.99. The Labute approximate surface area is 130 Å². The summed E-state index contributed by atoms with van der Waals surface area (Å²) < 4.78 is 14.8. The largest absolute Gasteiger partial charge is 0.343 e. The maximum absolute atomic E-state index is 13.5. The zero-order valence-electron chi connectivity index (χ0n) is 10.8. The van der Waals surface area contributed by atoms with Crippen LogP contribution in [0, 0.1) is 10.5 Å². The van der Waals surface area contributed by atoms with Crippen molar-refractivity contribution >= 4 is 28.1 Å². The molecule has 1 saturated carbocycles. The first-order valence-electron chi connectivity index (χ1n) is 6.69. The molecule has 2 aromatic rings. The Morgan fingerprint density at radius 3 is 2.65 bits per heavy atom. The van der Waals surface area contributed by atoms with Gasteiger partial charge >= 0.3 is 0 Å². The van der Waals surface area contributed by atoms with E-state index in [4.69, 9.17) is 12.2 Å². The van der Waals surface area contributed by atoms with Crippen LogP contribution in [0.2, 0.25) is 0 Å². The van der Waals surface area contributed by atoms with Crippen LogP contribution in [0.4, 0.5) is 4.39 Å². The number of nitrogens with one attached hydrogen (secondary N) is 1. The van der Waals surface area contributed by atoms with E-state index >= 15 is 0 Å². The molecule has 104 valence electrons. The smallest absolute Gasteiger partial charge is 0.139 e. The Balaban J connectivity index is 2.06. The first-order valence-corrected chi connectivity index (χ1v) is 7.90. The molecular weight excluding hydrogens is 339 g/mol. The predicted molar refractivity (Wildman–Crippen MR) is 83.7 cm³/mol. The van der Waals surface area contributed by atoms with Gasteiger partial charge in [-0.05, 0) is 43.0 Å². The van der Waals surface area contributed by atoms with E-state index in [1.165, 1.54) is 37.8 Å². The number of rotatable bonds is 2. The fraction of sp³-hybridized carbons (Fsp3) is 0.333. The Morgan fingerprint density at radius 2 is 1.95 bits per heavy atom. The molecule has 3 rings (SSSR count). The standard InChI is InChI=1S/C15H14BrFN2S/c16-11-5-10(6-12(17)7-11)15-18-13(8-14(20)19-15)9-3-1-2-4-9/h5-9H,1-4H2,(H,18,19,20). The molecule has 0 saturated heterocycles. The molecular formula is C15H14BrFN2S. The van der Waals surface area contributed by atoms with E-state index in [9.17, 15) is 4.39 Å². The van der Waals surface area contributed by atoms with E-state index in [-0.39, 0.29) is 5.82 Å².